The molecule has 0 bridgehead atoms. The van der Waals surface area contributed by atoms with E-state index < -0.39 is 9.74 Å². The summed E-state index contributed by atoms with van der Waals surface area (Å²) in [6.07, 6.45) is 3.15. The van der Waals surface area contributed by atoms with Crippen LogP contribution in [0.1, 0.15) is 47.0 Å². The fraction of sp³-hybridized carbons (Fsp3) is 0.933. The van der Waals surface area contributed by atoms with Crippen molar-refractivity contribution in [3.8, 4) is 0 Å². The van der Waals surface area contributed by atoms with E-state index in [1.807, 2.05) is 34.9 Å². The third-order valence-electron chi connectivity index (χ3n) is 3.87. The second kappa shape index (κ2) is 11.1. The monoisotopic (exact) mass is 521 g/mol. The summed E-state index contributed by atoms with van der Waals surface area (Å²) in [5, 5.41) is 9.29. The van der Waals surface area contributed by atoms with Crippen LogP contribution in [0.25, 0.3) is 0 Å². The van der Waals surface area contributed by atoms with Crippen LogP contribution >= 0.6 is 46.8 Å². The molecule has 0 saturated heterocycles. The minimum Gasteiger partial charge on any atom is -0.309 e. The Hall–Kier alpha value is 1.25. The molecule has 0 aromatic carbocycles. The third kappa shape index (κ3) is 9.50. The lowest BCUT2D eigenvalue weighted by Crippen LogP contribution is -2.42. The second-order valence-electron chi connectivity index (χ2n) is 7.25. The van der Waals surface area contributed by atoms with Crippen molar-refractivity contribution in [3.63, 3.8) is 0 Å². The summed E-state index contributed by atoms with van der Waals surface area (Å²) < 4.78 is -0.0305. The summed E-state index contributed by atoms with van der Waals surface area (Å²) in [5.41, 5.74) is -0.136. The number of rotatable bonds is 12. The molecule has 0 amide bonds. The summed E-state index contributed by atoms with van der Waals surface area (Å²) >= 11 is 6.09. The molecular formula is C15H31BBrINO3P. The van der Waals surface area contributed by atoms with E-state index in [-0.39, 0.29) is 6.10 Å². The molecule has 3 unspecified atom stereocenters. The van der Waals surface area contributed by atoms with Gasteiger partial charge in [0.25, 0.3) is 4.29 Å². The minimum absolute atomic E-state index is 0.306. The molecule has 8 heteroatoms. The van der Waals surface area contributed by atoms with Gasteiger partial charge < -0.3 is 4.90 Å². The van der Waals surface area contributed by atoms with Gasteiger partial charge in [0.1, 0.15) is 11.6 Å². The molecule has 0 saturated carbocycles. The van der Waals surface area contributed by atoms with Crippen molar-refractivity contribution in [1.29, 1.82) is 0 Å². The van der Waals surface area contributed by atoms with Gasteiger partial charge in [0.2, 0.25) is 0 Å². The van der Waals surface area contributed by atoms with Crippen LogP contribution in [-0.2, 0) is 9.68 Å². The average molecular weight is 522 g/mol. The van der Waals surface area contributed by atoms with Crippen LogP contribution in [-0.4, -0.2) is 51.0 Å². The lowest BCUT2D eigenvalue weighted by atomic mass is 9.81. The largest absolute Gasteiger partial charge is 0.309 e. The molecule has 23 heavy (non-hydrogen) atoms. The highest BCUT2D eigenvalue weighted by atomic mass is 127. The van der Waals surface area contributed by atoms with Gasteiger partial charge in [-0.05, 0) is 33.9 Å². The van der Waals surface area contributed by atoms with Crippen LogP contribution in [0, 0.1) is 5.41 Å². The lowest BCUT2D eigenvalue weighted by Gasteiger charge is -2.37. The normalized spacial score (nSPS) is 16.8. The first-order valence-corrected chi connectivity index (χ1v) is 11.2. The van der Waals surface area contributed by atoms with Gasteiger partial charge in [-0.25, -0.2) is 4.89 Å². The van der Waals surface area contributed by atoms with E-state index in [1.165, 1.54) is 0 Å². The van der Waals surface area contributed by atoms with E-state index in [4.69, 9.17) is 4.89 Å². The molecule has 0 radical (unpaired) electrons. The molecule has 0 rings (SSSR count). The first-order chi connectivity index (χ1) is 10.5. The van der Waals surface area contributed by atoms with E-state index in [2.05, 4.69) is 50.1 Å². The predicted octanol–water partition coefficient (Wildman–Crippen LogP) is 4.90. The molecule has 0 aromatic heterocycles. The number of nitrogens with zero attached hydrogens (tertiary/aromatic N) is 1. The van der Waals surface area contributed by atoms with E-state index >= 15 is 0 Å². The summed E-state index contributed by atoms with van der Waals surface area (Å²) in [4.78, 5) is 19.5. The van der Waals surface area contributed by atoms with Crippen LogP contribution in [0.3, 0.4) is 0 Å². The summed E-state index contributed by atoms with van der Waals surface area (Å²) in [7, 11) is 4.31. The van der Waals surface area contributed by atoms with Gasteiger partial charge in [-0.2, -0.15) is 0 Å². The number of halogens is 2. The zero-order valence-corrected chi connectivity index (χ0v) is 19.9. The Kier molecular flexibility index (Phi) is 11.7. The van der Waals surface area contributed by atoms with Crippen LogP contribution in [0.15, 0.2) is 0 Å². The highest BCUT2D eigenvalue weighted by Crippen LogP contribution is 2.43. The molecule has 3 atom stereocenters. The van der Waals surface area contributed by atoms with Gasteiger partial charge in [-0.3, -0.25) is 10.1 Å². The molecular weight excluding hydrogens is 491 g/mol. The molecule has 0 fully saturated rings. The molecule has 4 nitrogen and oxygen atoms in total. The Morgan fingerprint density at radius 2 is 2.00 bits per heavy atom. The van der Waals surface area contributed by atoms with E-state index in [1.54, 1.807) is 0 Å². The van der Waals surface area contributed by atoms with Gasteiger partial charge in [0.15, 0.2) is 0 Å². The molecule has 0 aliphatic rings. The van der Waals surface area contributed by atoms with Crippen LogP contribution in [0.2, 0.25) is 6.32 Å². The summed E-state index contributed by atoms with van der Waals surface area (Å²) in [6, 6.07) is 0. The maximum Gasteiger partial charge on any atom is 0.250 e. The fourth-order valence-corrected chi connectivity index (χ4v) is 6.24. The fourth-order valence-electron chi connectivity index (χ4n) is 2.56. The molecule has 0 aliphatic carbocycles. The summed E-state index contributed by atoms with van der Waals surface area (Å²) in [6.45, 7) is 8.95. The number of hydrogen-bond donors (Lipinski definition) is 1. The van der Waals surface area contributed by atoms with Crippen molar-refractivity contribution in [2.45, 2.75) is 63.7 Å². The zero-order chi connectivity index (χ0) is 18.3. The van der Waals surface area contributed by atoms with Gasteiger partial charge in [-0.15, -0.1) is 22.4 Å². The third-order valence-corrected chi connectivity index (χ3v) is 7.76. The van der Waals surface area contributed by atoms with Crippen molar-refractivity contribution >= 4 is 56.6 Å². The Balaban J connectivity index is 4.84. The Morgan fingerprint density at radius 1 is 1.43 bits per heavy atom. The second-order valence-corrected chi connectivity index (χ2v) is 13.2. The van der Waals surface area contributed by atoms with Crippen LogP contribution in [0.5, 0.6) is 0 Å². The predicted molar refractivity (Wildman–Crippen MR) is 115 cm³/mol. The lowest BCUT2D eigenvalue weighted by molar-refractivity contribution is -0.287. The highest BCUT2D eigenvalue weighted by Gasteiger charge is 2.41. The van der Waals surface area contributed by atoms with Crippen LogP contribution in [0.4, 0.5) is 0 Å². The maximum absolute atomic E-state index is 12.7. The Bertz CT molecular complexity index is 373. The topological polar surface area (TPSA) is 49.8 Å². The van der Waals surface area contributed by atoms with Crippen molar-refractivity contribution in [2.24, 2.45) is 5.41 Å². The SMILES string of the molecule is CCCB(I)PC(=O)C(C)(C)CC(C)(Br)C(CCN(C)C)OO. The van der Waals surface area contributed by atoms with Gasteiger partial charge in [0.05, 0.1) is 4.32 Å². The number of hydrogen-bond acceptors (Lipinski definition) is 4. The smallest absolute Gasteiger partial charge is 0.250 e. The first kappa shape index (κ1) is 24.3. The maximum atomic E-state index is 12.7. The van der Waals surface area contributed by atoms with Gasteiger partial charge in [0, 0.05) is 12.0 Å². The number of alkyl halides is 1. The quantitative estimate of drug-likeness (QED) is 0.0990. The first-order valence-electron chi connectivity index (χ1n) is 8.05. The number of carbonyl (C=O) groups excluding carboxylic acids is 1. The van der Waals surface area contributed by atoms with Gasteiger partial charge >= 0.3 is 0 Å². The van der Waals surface area contributed by atoms with E-state index in [0.29, 0.717) is 31.1 Å². The van der Waals surface area contributed by atoms with Crippen molar-refractivity contribution < 1.29 is 14.9 Å². The van der Waals surface area contributed by atoms with Gasteiger partial charge in [-0.1, -0.05) is 57.9 Å². The molecule has 0 heterocycles. The summed E-state index contributed by atoms with van der Waals surface area (Å²) in [5.74, 6) is 0. The molecule has 0 aromatic rings. The van der Waals surface area contributed by atoms with Crippen LogP contribution < -0.4 is 0 Å². The van der Waals surface area contributed by atoms with Crippen molar-refractivity contribution in [3.05, 3.63) is 0 Å². The highest BCUT2D eigenvalue weighted by molar-refractivity contribution is 14.1. The Labute approximate surface area is 165 Å². The number of carbonyl (C=O) groups is 1. The standard InChI is InChI=1S/C15H31BBrINO3P/c1-7-9-16(18)23-13(20)14(2,3)11-15(4,17)12(22-21)8-10-19(5)6/h12,21,23H,7-11H2,1-6H3. The zero-order valence-electron chi connectivity index (χ0n) is 15.2. The molecule has 0 spiro atoms. The Morgan fingerprint density at radius 3 is 2.43 bits per heavy atom. The average Bonchev–Trinajstić information content (AvgIpc) is 2.37. The molecule has 1 N–H and O–H groups in total. The van der Waals surface area contributed by atoms with Crippen molar-refractivity contribution in [1.82, 2.24) is 4.90 Å². The van der Waals surface area contributed by atoms with E-state index in [9.17, 15) is 10.1 Å². The molecule has 0 aliphatic heterocycles. The molecule has 136 valence electrons. The minimum atomic E-state index is -0.451. The van der Waals surface area contributed by atoms with E-state index in [0.717, 1.165) is 19.3 Å². The van der Waals surface area contributed by atoms with Crippen molar-refractivity contribution in [2.75, 3.05) is 20.6 Å².